The number of phenols is 1. The zero-order valence-electron chi connectivity index (χ0n) is 8.33. The lowest BCUT2D eigenvalue weighted by Gasteiger charge is -2.11. The smallest absolute Gasteiger partial charge is 0.127 e. The number of aromatic hydroxyl groups is 1. The van der Waals surface area contributed by atoms with Crippen molar-refractivity contribution < 1.29 is 9.50 Å². The molecule has 1 rings (SSSR count). The van der Waals surface area contributed by atoms with Crippen LogP contribution in [0.1, 0.15) is 37.8 Å². The summed E-state index contributed by atoms with van der Waals surface area (Å²) in [6.07, 6.45) is 2.90. The average molecular weight is 197 g/mol. The van der Waals surface area contributed by atoms with Gasteiger partial charge in [-0.15, -0.1) is 0 Å². The second kappa shape index (κ2) is 4.96. The highest BCUT2D eigenvalue weighted by molar-refractivity contribution is 5.30. The maximum Gasteiger partial charge on any atom is 0.127 e. The molecule has 0 heterocycles. The van der Waals surface area contributed by atoms with E-state index in [4.69, 9.17) is 5.73 Å². The lowest BCUT2D eigenvalue weighted by Crippen LogP contribution is -2.10. The molecule has 1 aromatic rings. The molecule has 0 spiro atoms. The Morgan fingerprint density at radius 2 is 2.14 bits per heavy atom. The quantitative estimate of drug-likeness (QED) is 0.779. The predicted octanol–water partition coefficient (Wildman–Crippen LogP) is 2.72. The SMILES string of the molecule is CCCC[C@H](N)c1cc(O)cc(F)c1. The Labute approximate surface area is 83.6 Å². The molecule has 0 aliphatic heterocycles. The summed E-state index contributed by atoms with van der Waals surface area (Å²) in [6, 6.07) is 3.79. The summed E-state index contributed by atoms with van der Waals surface area (Å²) < 4.78 is 12.9. The predicted molar refractivity (Wildman–Crippen MR) is 54.5 cm³/mol. The van der Waals surface area contributed by atoms with Crippen molar-refractivity contribution in [1.82, 2.24) is 0 Å². The lowest BCUT2D eigenvalue weighted by molar-refractivity contribution is 0.465. The molecular weight excluding hydrogens is 181 g/mol. The Morgan fingerprint density at radius 3 is 2.71 bits per heavy atom. The van der Waals surface area contributed by atoms with Crippen molar-refractivity contribution in [2.75, 3.05) is 0 Å². The zero-order chi connectivity index (χ0) is 10.6. The molecule has 0 saturated heterocycles. The lowest BCUT2D eigenvalue weighted by atomic mass is 10.0. The van der Waals surface area contributed by atoms with Crippen molar-refractivity contribution in [3.63, 3.8) is 0 Å². The van der Waals surface area contributed by atoms with Crippen LogP contribution in [0.5, 0.6) is 5.75 Å². The minimum absolute atomic E-state index is 0.0630. The van der Waals surface area contributed by atoms with E-state index in [2.05, 4.69) is 6.92 Å². The largest absolute Gasteiger partial charge is 0.508 e. The van der Waals surface area contributed by atoms with Crippen LogP contribution in [0.4, 0.5) is 4.39 Å². The summed E-state index contributed by atoms with van der Waals surface area (Å²) in [5.41, 5.74) is 6.50. The van der Waals surface area contributed by atoms with Crippen LogP contribution in [-0.4, -0.2) is 5.11 Å². The van der Waals surface area contributed by atoms with Gasteiger partial charge in [-0.3, -0.25) is 0 Å². The standard InChI is InChI=1S/C11H16FNO/c1-2-3-4-11(13)8-5-9(12)7-10(14)6-8/h5-7,11,14H,2-4,13H2,1H3/t11-/m0/s1. The number of unbranched alkanes of at least 4 members (excludes halogenated alkanes) is 1. The van der Waals surface area contributed by atoms with Gasteiger partial charge in [0.2, 0.25) is 0 Å². The summed E-state index contributed by atoms with van der Waals surface area (Å²) in [5.74, 6) is -0.501. The van der Waals surface area contributed by atoms with E-state index < -0.39 is 5.82 Å². The van der Waals surface area contributed by atoms with Crippen molar-refractivity contribution in [1.29, 1.82) is 0 Å². The maximum absolute atomic E-state index is 12.9. The summed E-state index contributed by atoms with van der Waals surface area (Å²) in [6.45, 7) is 2.08. The van der Waals surface area contributed by atoms with Crippen LogP contribution in [0.3, 0.4) is 0 Å². The molecule has 1 atom stereocenters. The van der Waals surface area contributed by atoms with E-state index in [1.54, 1.807) is 0 Å². The fourth-order valence-corrected chi connectivity index (χ4v) is 1.40. The van der Waals surface area contributed by atoms with Crippen molar-refractivity contribution in [2.45, 2.75) is 32.2 Å². The van der Waals surface area contributed by atoms with Gasteiger partial charge in [0, 0.05) is 12.1 Å². The first kappa shape index (κ1) is 11.0. The molecule has 3 N–H and O–H groups in total. The first-order valence-electron chi connectivity index (χ1n) is 4.88. The van der Waals surface area contributed by atoms with E-state index in [9.17, 15) is 9.50 Å². The number of phenolic OH excluding ortho intramolecular Hbond substituents is 1. The van der Waals surface area contributed by atoms with Gasteiger partial charge in [-0.2, -0.15) is 0 Å². The van der Waals surface area contributed by atoms with Gasteiger partial charge < -0.3 is 10.8 Å². The summed E-state index contributed by atoms with van der Waals surface area (Å²) in [5, 5.41) is 9.17. The third-order valence-electron chi connectivity index (χ3n) is 2.20. The van der Waals surface area contributed by atoms with Crippen LogP contribution in [0.25, 0.3) is 0 Å². The highest BCUT2D eigenvalue weighted by atomic mass is 19.1. The Kier molecular flexibility index (Phi) is 3.89. The van der Waals surface area contributed by atoms with Crippen molar-refractivity contribution >= 4 is 0 Å². The third-order valence-corrected chi connectivity index (χ3v) is 2.20. The second-order valence-corrected chi connectivity index (χ2v) is 3.49. The van der Waals surface area contributed by atoms with Crippen molar-refractivity contribution in [3.8, 4) is 5.75 Å². The molecule has 0 bridgehead atoms. The van der Waals surface area contributed by atoms with Gasteiger partial charge in [0.1, 0.15) is 11.6 Å². The summed E-state index contributed by atoms with van der Waals surface area (Å²) in [4.78, 5) is 0. The topological polar surface area (TPSA) is 46.2 Å². The molecule has 3 heteroatoms. The van der Waals surface area contributed by atoms with E-state index >= 15 is 0 Å². The highest BCUT2D eigenvalue weighted by Crippen LogP contribution is 2.22. The van der Waals surface area contributed by atoms with Crippen LogP contribution < -0.4 is 5.73 Å². The zero-order valence-corrected chi connectivity index (χ0v) is 8.33. The van der Waals surface area contributed by atoms with E-state index in [-0.39, 0.29) is 11.8 Å². The fourth-order valence-electron chi connectivity index (χ4n) is 1.40. The van der Waals surface area contributed by atoms with E-state index in [0.717, 1.165) is 25.3 Å². The molecule has 78 valence electrons. The van der Waals surface area contributed by atoms with Gasteiger partial charge in [-0.05, 0) is 24.1 Å². The number of hydrogen-bond donors (Lipinski definition) is 2. The number of benzene rings is 1. The van der Waals surface area contributed by atoms with E-state index in [1.807, 2.05) is 0 Å². The Morgan fingerprint density at radius 1 is 1.43 bits per heavy atom. The van der Waals surface area contributed by atoms with E-state index in [1.165, 1.54) is 12.1 Å². The van der Waals surface area contributed by atoms with Gasteiger partial charge in [-0.25, -0.2) is 4.39 Å². The first-order chi connectivity index (χ1) is 6.63. The number of nitrogens with two attached hydrogens (primary N) is 1. The monoisotopic (exact) mass is 197 g/mol. The van der Waals surface area contributed by atoms with Gasteiger partial charge >= 0.3 is 0 Å². The molecule has 0 saturated carbocycles. The first-order valence-corrected chi connectivity index (χ1v) is 4.88. The van der Waals surface area contributed by atoms with Gasteiger partial charge in [0.05, 0.1) is 0 Å². The minimum Gasteiger partial charge on any atom is -0.508 e. The summed E-state index contributed by atoms with van der Waals surface area (Å²) >= 11 is 0. The Bertz CT molecular complexity index is 281. The molecule has 0 aliphatic carbocycles. The maximum atomic E-state index is 12.9. The van der Waals surface area contributed by atoms with Crippen LogP contribution in [-0.2, 0) is 0 Å². The third kappa shape index (κ3) is 3.00. The summed E-state index contributed by atoms with van der Waals surface area (Å²) in [7, 11) is 0. The molecule has 1 aromatic carbocycles. The molecule has 0 amide bonds. The molecular formula is C11H16FNO. The van der Waals surface area contributed by atoms with Crippen LogP contribution in [0.2, 0.25) is 0 Å². The molecule has 0 radical (unpaired) electrons. The van der Waals surface area contributed by atoms with Gasteiger partial charge in [-0.1, -0.05) is 19.8 Å². The normalized spacial score (nSPS) is 12.8. The Balaban J connectivity index is 2.73. The van der Waals surface area contributed by atoms with Gasteiger partial charge in [0.15, 0.2) is 0 Å². The minimum atomic E-state index is -0.438. The molecule has 0 fully saturated rings. The highest BCUT2D eigenvalue weighted by Gasteiger charge is 2.07. The molecule has 14 heavy (non-hydrogen) atoms. The van der Waals surface area contributed by atoms with Crippen LogP contribution >= 0.6 is 0 Å². The molecule has 0 aliphatic rings. The molecule has 2 nitrogen and oxygen atoms in total. The van der Waals surface area contributed by atoms with Crippen LogP contribution in [0.15, 0.2) is 18.2 Å². The van der Waals surface area contributed by atoms with Crippen molar-refractivity contribution in [2.24, 2.45) is 5.73 Å². The van der Waals surface area contributed by atoms with Crippen LogP contribution in [0, 0.1) is 5.82 Å². The Hall–Kier alpha value is -1.09. The van der Waals surface area contributed by atoms with Gasteiger partial charge in [0.25, 0.3) is 0 Å². The molecule has 0 unspecified atom stereocenters. The second-order valence-electron chi connectivity index (χ2n) is 3.49. The fraction of sp³-hybridized carbons (Fsp3) is 0.455. The number of halogens is 1. The van der Waals surface area contributed by atoms with E-state index in [0.29, 0.717) is 5.56 Å². The molecule has 0 aromatic heterocycles. The average Bonchev–Trinajstić information content (AvgIpc) is 2.12. The number of rotatable bonds is 4. The number of hydrogen-bond acceptors (Lipinski definition) is 2. The van der Waals surface area contributed by atoms with Crippen molar-refractivity contribution in [3.05, 3.63) is 29.6 Å².